The van der Waals surface area contributed by atoms with Crippen molar-refractivity contribution in [3.8, 4) is 0 Å². The summed E-state index contributed by atoms with van der Waals surface area (Å²) < 4.78 is 15.5. The summed E-state index contributed by atoms with van der Waals surface area (Å²) in [6.07, 6.45) is -0.0325. The summed E-state index contributed by atoms with van der Waals surface area (Å²) in [5.41, 5.74) is 0. The van der Waals surface area contributed by atoms with Gasteiger partial charge in [-0.3, -0.25) is 4.79 Å². The first-order valence-electron chi connectivity index (χ1n) is 6.30. The van der Waals surface area contributed by atoms with Crippen molar-refractivity contribution >= 4 is 5.91 Å². The van der Waals surface area contributed by atoms with E-state index >= 15 is 0 Å². The van der Waals surface area contributed by atoms with Gasteiger partial charge in [0.1, 0.15) is 0 Å². The van der Waals surface area contributed by atoms with Gasteiger partial charge in [-0.25, -0.2) is 0 Å². The lowest BCUT2D eigenvalue weighted by molar-refractivity contribution is -0.137. The van der Waals surface area contributed by atoms with Crippen LogP contribution >= 0.6 is 0 Å². The van der Waals surface area contributed by atoms with Gasteiger partial charge in [0, 0.05) is 33.9 Å². The van der Waals surface area contributed by atoms with Crippen LogP contribution in [0.3, 0.4) is 0 Å². The molecule has 0 spiro atoms. The molecule has 0 aromatic rings. The number of nitrogens with zero attached hydrogens (tertiary/aromatic N) is 1. The summed E-state index contributed by atoms with van der Waals surface area (Å²) >= 11 is 0. The van der Waals surface area contributed by atoms with Crippen molar-refractivity contribution in [2.75, 3.05) is 53.7 Å². The number of amides is 1. The van der Waals surface area contributed by atoms with Gasteiger partial charge in [-0.15, -0.1) is 0 Å². The fourth-order valence-corrected chi connectivity index (χ4v) is 1.85. The predicted octanol–water partition coefficient (Wildman–Crippen LogP) is -0.515. The van der Waals surface area contributed by atoms with Crippen LogP contribution in [-0.2, 0) is 19.0 Å². The second-order valence-electron chi connectivity index (χ2n) is 4.38. The van der Waals surface area contributed by atoms with Crippen molar-refractivity contribution in [3.05, 3.63) is 0 Å². The highest BCUT2D eigenvalue weighted by Gasteiger charge is 2.22. The quantitative estimate of drug-likeness (QED) is 0.668. The third kappa shape index (κ3) is 4.89. The number of hydrogen-bond donors (Lipinski definition) is 1. The Kier molecular flexibility index (Phi) is 7.19. The molecular formula is C12H24N2O4. The third-order valence-electron chi connectivity index (χ3n) is 3.03. The molecular weight excluding hydrogens is 236 g/mol. The first kappa shape index (κ1) is 15.4. The minimum Gasteiger partial charge on any atom is -0.382 e. The van der Waals surface area contributed by atoms with Crippen LogP contribution in [0, 0.1) is 0 Å². The summed E-state index contributed by atoms with van der Waals surface area (Å²) in [5.74, 6) is 0.116. The summed E-state index contributed by atoms with van der Waals surface area (Å²) in [6, 6.07) is -0.211. The van der Waals surface area contributed by atoms with Crippen LogP contribution in [0.25, 0.3) is 0 Å². The molecule has 1 rings (SSSR count). The fourth-order valence-electron chi connectivity index (χ4n) is 1.85. The standard InChI is InChI=1S/C12H24N2O4/c1-10(13-8-11(17-3)9-16-2)12(15)14-4-6-18-7-5-14/h10-11,13H,4-9H2,1-3H3. The Hall–Kier alpha value is -0.690. The Morgan fingerprint density at radius 3 is 2.61 bits per heavy atom. The minimum absolute atomic E-state index is 0.0325. The van der Waals surface area contributed by atoms with Crippen LogP contribution in [-0.4, -0.2) is 76.6 Å². The smallest absolute Gasteiger partial charge is 0.239 e. The first-order valence-corrected chi connectivity index (χ1v) is 6.30. The Balaban J connectivity index is 2.29. The van der Waals surface area contributed by atoms with Crippen molar-refractivity contribution < 1.29 is 19.0 Å². The maximum absolute atomic E-state index is 12.1. The van der Waals surface area contributed by atoms with Gasteiger partial charge in [0.05, 0.1) is 32.0 Å². The fraction of sp³-hybridized carbons (Fsp3) is 0.917. The van der Waals surface area contributed by atoms with Crippen molar-refractivity contribution in [2.24, 2.45) is 0 Å². The van der Waals surface area contributed by atoms with Crippen LogP contribution in [0.5, 0.6) is 0 Å². The van der Waals surface area contributed by atoms with Crippen molar-refractivity contribution in [1.82, 2.24) is 10.2 Å². The van der Waals surface area contributed by atoms with Gasteiger partial charge in [-0.1, -0.05) is 0 Å². The lowest BCUT2D eigenvalue weighted by Crippen LogP contribution is -2.50. The predicted molar refractivity (Wildman–Crippen MR) is 67.5 cm³/mol. The number of methoxy groups -OCH3 is 2. The summed E-state index contributed by atoms with van der Waals surface area (Å²) in [5, 5.41) is 3.18. The van der Waals surface area contributed by atoms with Crippen LogP contribution in [0.15, 0.2) is 0 Å². The number of carbonyl (C=O) groups excluding carboxylic acids is 1. The van der Waals surface area contributed by atoms with Gasteiger partial charge in [0.15, 0.2) is 0 Å². The molecule has 6 heteroatoms. The van der Waals surface area contributed by atoms with Gasteiger partial charge in [0.25, 0.3) is 0 Å². The number of hydrogen-bond acceptors (Lipinski definition) is 5. The zero-order chi connectivity index (χ0) is 13.4. The Bertz CT molecular complexity index is 244. The number of morpholine rings is 1. The van der Waals surface area contributed by atoms with Gasteiger partial charge < -0.3 is 24.4 Å². The average Bonchev–Trinajstić information content (AvgIpc) is 2.43. The molecule has 0 aliphatic carbocycles. The Morgan fingerprint density at radius 1 is 1.39 bits per heavy atom. The lowest BCUT2D eigenvalue weighted by Gasteiger charge is -2.30. The molecule has 1 N–H and O–H groups in total. The Labute approximate surface area is 109 Å². The molecule has 0 radical (unpaired) electrons. The topological polar surface area (TPSA) is 60.0 Å². The zero-order valence-electron chi connectivity index (χ0n) is 11.5. The van der Waals surface area contributed by atoms with E-state index in [4.69, 9.17) is 14.2 Å². The largest absolute Gasteiger partial charge is 0.382 e. The first-order chi connectivity index (χ1) is 8.69. The molecule has 6 nitrogen and oxygen atoms in total. The number of carbonyl (C=O) groups is 1. The molecule has 0 aromatic heterocycles. The lowest BCUT2D eigenvalue weighted by atomic mass is 10.2. The maximum atomic E-state index is 12.1. The maximum Gasteiger partial charge on any atom is 0.239 e. The second-order valence-corrected chi connectivity index (χ2v) is 4.38. The van der Waals surface area contributed by atoms with E-state index < -0.39 is 0 Å². The van der Waals surface area contributed by atoms with E-state index in [0.717, 1.165) is 0 Å². The van der Waals surface area contributed by atoms with Gasteiger partial charge in [0.2, 0.25) is 5.91 Å². The summed E-state index contributed by atoms with van der Waals surface area (Å²) in [4.78, 5) is 13.9. The minimum atomic E-state index is -0.211. The monoisotopic (exact) mass is 260 g/mol. The van der Waals surface area contributed by atoms with E-state index in [2.05, 4.69) is 5.32 Å². The van der Waals surface area contributed by atoms with Crippen molar-refractivity contribution in [3.63, 3.8) is 0 Å². The molecule has 18 heavy (non-hydrogen) atoms. The molecule has 1 aliphatic heterocycles. The molecule has 2 unspecified atom stereocenters. The van der Waals surface area contributed by atoms with E-state index in [1.165, 1.54) is 0 Å². The van der Waals surface area contributed by atoms with Crippen molar-refractivity contribution in [2.45, 2.75) is 19.1 Å². The molecule has 106 valence electrons. The van der Waals surface area contributed by atoms with Crippen LogP contribution in [0.2, 0.25) is 0 Å². The second kappa shape index (κ2) is 8.42. The molecule has 2 atom stereocenters. The SMILES string of the molecule is COCC(CNC(C)C(=O)N1CCOCC1)OC. The summed E-state index contributed by atoms with van der Waals surface area (Å²) in [7, 11) is 3.27. The van der Waals surface area contributed by atoms with Crippen LogP contribution in [0.1, 0.15) is 6.92 Å². The van der Waals surface area contributed by atoms with E-state index in [1.54, 1.807) is 14.2 Å². The normalized spacial score (nSPS) is 19.6. The molecule has 0 saturated carbocycles. The van der Waals surface area contributed by atoms with E-state index in [0.29, 0.717) is 39.5 Å². The number of nitrogens with one attached hydrogen (secondary N) is 1. The van der Waals surface area contributed by atoms with Gasteiger partial charge in [-0.2, -0.15) is 0 Å². The van der Waals surface area contributed by atoms with Crippen LogP contribution in [0.4, 0.5) is 0 Å². The van der Waals surface area contributed by atoms with Crippen molar-refractivity contribution in [1.29, 1.82) is 0 Å². The van der Waals surface area contributed by atoms with Gasteiger partial charge in [-0.05, 0) is 6.92 Å². The van der Waals surface area contributed by atoms with E-state index in [9.17, 15) is 4.79 Å². The molecule has 0 aromatic carbocycles. The average molecular weight is 260 g/mol. The third-order valence-corrected chi connectivity index (χ3v) is 3.03. The molecule has 1 amide bonds. The highest BCUT2D eigenvalue weighted by molar-refractivity contribution is 5.81. The molecule has 1 aliphatic rings. The van der Waals surface area contributed by atoms with E-state index in [-0.39, 0.29) is 18.1 Å². The van der Waals surface area contributed by atoms with Gasteiger partial charge >= 0.3 is 0 Å². The highest BCUT2D eigenvalue weighted by atomic mass is 16.5. The highest BCUT2D eigenvalue weighted by Crippen LogP contribution is 2.01. The molecule has 1 heterocycles. The molecule has 0 bridgehead atoms. The van der Waals surface area contributed by atoms with E-state index in [1.807, 2.05) is 11.8 Å². The summed E-state index contributed by atoms with van der Waals surface area (Å²) in [6.45, 7) is 5.60. The zero-order valence-corrected chi connectivity index (χ0v) is 11.5. The number of ether oxygens (including phenoxy) is 3. The molecule has 1 fully saturated rings. The van der Waals surface area contributed by atoms with Crippen LogP contribution < -0.4 is 5.32 Å². The Morgan fingerprint density at radius 2 is 2.06 bits per heavy atom. The molecule has 1 saturated heterocycles. The number of rotatable bonds is 7.